The van der Waals surface area contributed by atoms with Crippen molar-refractivity contribution < 1.29 is 24.5 Å². The first kappa shape index (κ1) is 34.0. The van der Waals surface area contributed by atoms with E-state index in [0.717, 1.165) is 66.4 Å². The number of nitrogens with zero attached hydrogens (tertiary/aromatic N) is 4. The van der Waals surface area contributed by atoms with E-state index in [1.165, 1.54) is 16.8 Å². The second kappa shape index (κ2) is 14.4. The average molecular weight is 841 g/mol. The van der Waals surface area contributed by atoms with Gasteiger partial charge in [-0.2, -0.15) is 0 Å². The van der Waals surface area contributed by atoms with E-state index in [2.05, 4.69) is 109 Å². The zero-order chi connectivity index (χ0) is 34.2. The Morgan fingerprint density at radius 1 is 0.647 bits per heavy atom. The van der Waals surface area contributed by atoms with Gasteiger partial charge in [-0.25, -0.2) is 0 Å². The van der Waals surface area contributed by atoms with Gasteiger partial charge in [-0.05, 0) is 58.3 Å². The van der Waals surface area contributed by atoms with E-state index in [1.54, 1.807) is 6.20 Å². The summed E-state index contributed by atoms with van der Waals surface area (Å²) < 4.78 is 9.00. The summed E-state index contributed by atoms with van der Waals surface area (Å²) in [6.45, 7) is 9.03. The Bertz CT molecular complexity index is 2540. The fraction of sp³-hybridized carbons (Fsp3) is 0.133. The molecule has 51 heavy (non-hydrogen) atoms. The Hall–Kier alpha value is -5.42. The third kappa shape index (κ3) is 6.27. The quantitative estimate of drug-likeness (QED) is 0.162. The maximum atomic E-state index is 6.67. The molecule has 4 heterocycles. The van der Waals surface area contributed by atoms with Crippen LogP contribution in [0.5, 0.6) is 0 Å². The standard InChI is InChI=1S/C34H28N3O.C11H8N.Ir/c1-20(2)23-9-7-10-24(21(3)4)31(23)37-30-14-6-5-13-29(30)36-34(37)27-12-8-11-25-26-16-15-22-17-18-35-19-28(22)33(26)38-32(25)27;1-2-6-10(7-3-1)11-8-4-5-9-12-11;/h5-11,13-21H,1-4H3;1-6,8-9H;/q2*-1;. The van der Waals surface area contributed by atoms with Crippen molar-refractivity contribution in [1.29, 1.82) is 0 Å². The Kier molecular flexibility index (Phi) is 9.64. The molecule has 0 aliphatic heterocycles. The van der Waals surface area contributed by atoms with Crippen molar-refractivity contribution in [3.05, 3.63) is 157 Å². The molecule has 0 aliphatic carbocycles. The van der Waals surface area contributed by atoms with Gasteiger partial charge in [0.05, 0.1) is 22.4 Å². The minimum Gasteiger partial charge on any atom is -0.500 e. The van der Waals surface area contributed by atoms with Crippen LogP contribution in [-0.4, -0.2) is 19.5 Å². The van der Waals surface area contributed by atoms with Gasteiger partial charge in [-0.3, -0.25) is 9.97 Å². The Labute approximate surface area is 311 Å². The summed E-state index contributed by atoms with van der Waals surface area (Å²) in [7, 11) is 0. The zero-order valence-electron chi connectivity index (χ0n) is 28.9. The third-order valence-corrected chi connectivity index (χ3v) is 9.22. The number of aromatic nitrogens is 4. The van der Waals surface area contributed by atoms with Crippen LogP contribution < -0.4 is 0 Å². The molecular weight excluding hydrogens is 805 g/mol. The van der Waals surface area contributed by atoms with Gasteiger partial charge in [0, 0.05) is 55.2 Å². The number of pyridine rings is 2. The fourth-order valence-corrected chi connectivity index (χ4v) is 6.79. The summed E-state index contributed by atoms with van der Waals surface area (Å²) in [5, 5.41) is 4.24. The number of rotatable bonds is 5. The second-order valence-corrected chi connectivity index (χ2v) is 13.1. The number of furan rings is 1. The van der Waals surface area contributed by atoms with Crippen LogP contribution in [0.4, 0.5) is 0 Å². The minimum absolute atomic E-state index is 0. The van der Waals surface area contributed by atoms with Gasteiger partial charge < -0.3 is 14.0 Å². The van der Waals surface area contributed by atoms with Crippen LogP contribution in [0.3, 0.4) is 0 Å². The number of para-hydroxylation sites is 3. The van der Waals surface area contributed by atoms with Gasteiger partial charge in [0.15, 0.2) is 0 Å². The molecule has 0 fully saturated rings. The monoisotopic (exact) mass is 841 g/mol. The molecule has 0 spiro atoms. The molecule has 5 aromatic carbocycles. The van der Waals surface area contributed by atoms with Crippen LogP contribution in [0.25, 0.3) is 72.1 Å². The summed E-state index contributed by atoms with van der Waals surface area (Å²) in [6, 6.07) is 45.7. The molecule has 1 radical (unpaired) electrons. The van der Waals surface area contributed by atoms with Gasteiger partial charge in [0.2, 0.25) is 0 Å². The average Bonchev–Trinajstić information content (AvgIpc) is 3.74. The largest absolute Gasteiger partial charge is 0.500 e. The second-order valence-electron chi connectivity index (χ2n) is 13.1. The molecule has 9 rings (SSSR count). The van der Waals surface area contributed by atoms with E-state index < -0.39 is 0 Å². The van der Waals surface area contributed by atoms with E-state index in [0.29, 0.717) is 11.8 Å². The molecule has 0 aliphatic rings. The number of hydrogen-bond donors (Lipinski definition) is 0. The van der Waals surface area contributed by atoms with E-state index in [9.17, 15) is 0 Å². The summed E-state index contributed by atoms with van der Waals surface area (Å²) in [4.78, 5) is 13.8. The Morgan fingerprint density at radius 3 is 2.16 bits per heavy atom. The van der Waals surface area contributed by atoms with Crippen molar-refractivity contribution in [3.8, 4) is 28.3 Å². The van der Waals surface area contributed by atoms with Crippen LogP contribution in [0.2, 0.25) is 0 Å². The van der Waals surface area contributed by atoms with Crippen LogP contribution in [0.15, 0.2) is 138 Å². The van der Waals surface area contributed by atoms with Gasteiger partial charge in [-0.1, -0.05) is 93.2 Å². The Morgan fingerprint density at radius 2 is 1.41 bits per heavy atom. The fourth-order valence-electron chi connectivity index (χ4n) is 6.79. The molecule has 6 heteroatoms. The number of benzene rings is 5. The number of fused-ring (bicyclic) bond motifs is 6. The molecule has 0 unspecified atom stereocenters. The predicted octanol–water partition coefficient (Wildman–Crippen LogP) is 11.7. The normalized spacial score (nSPS) is 11.3. The van der Waals surface area contributed by atoms with E-state index >= 15 is 0 Å². The summed E-state index contributed by atoms with van der Waals surface area (Å²) in [5.41, 5.74) is 10.3. The molecule has 0 saturated heterocycles. The van der Waals surface area contributed by atoms with Crippen molar-refractivity contribution in [2.75, 3.05) is 0 Å². The van der Waals surface area contributed by atoms with Gasteiger partial charge in [-0.15, -0.1) is 54.1 Å². The first-order valence-electron chi connectivity index (χ1n) is 17.1. The molecule has 0 bridgehead atoms. The van der Waals surface area contributed by atoms with E-state index in [4.69, 9.17) is 9.40 Å². The van der Waals surface area contributed by atoms with E-state index in [1.807, 2.05) is 73.1 Å². The molecular formula is C45H36IrN4O-2. The maximum Gasteiger partial charge on any atom is 0.130 e. The number of hydrogen-bond acceptors (Lipinski definition) is 4. The maximum absolute atomic E-state index is 6.67. The predicted molar refractivity (Wildman–Crippen MR) is 205 cm³/mol. The molecule has 5 nitrogen and oxygen atoms in total. The van der Waals surface area contributed by atoms with Crippen molar-refractivity contribution >= 4 is 43.7 Å². The summed E-state index contributed by atoms with van der Waals surface area (Å²) in [5.74, 6) is 1.54. The van der Waals surface area contributed by atoms with Crippen LogP contribution in [-0.2, 0) is 20.1 Å². The smallest absolute Gasteiger partial charge is 0.130 e. The van der Waals surface area contributed by atoms with Crippen molar-refractivity contribution in [2.24, 2.45) is 0 Å². The van der Waals surface area contributed by atoms with Crippen LogP contribution in [0, 0.1) is 12.1 Å². The molecule has 9 aromatic rings. The van der Waals surface area contributed by atoms with Crippen molar-refractivity contribution in [2.45, 2.75) is 39.5 Å². The van der Waals surface area contributed by atoms with Crippen molar-refractivity contribution in [1.82, 2.24) is 19.5 Å². The molecule has 4 aromatic heterocycles. The SMILES string of the molecule is CC(C)c1cccc(C(C)C)c1-n1c(-c2[c-]ccc3c2oc2c4cnccc4ccc32)nc2ccccc21.[Ir].[c-]1ccccc1-c1ccccn1. The molecule has 0 saturated carbocycles. The van der Waals surface area contributed by atoms with Gasteiger partial charge in [0.25, 0.3) is 0 Å². The topological polar surface area (TPSA) is 56.7 Å². The zero-order valence-corrected chi connectivity index (χ0v) is 31.3. The van der Waals surface area contributed by atoms with Gasteiger partial charge in [0.1, 0.15) is 5.58 Å². The molecule has 0 N–H and O–H groups in total. The third-order valence-electron chi connectivity index (χ3n) is 9.22. The first-order valence-corrected chi connectivity index (χ1v) is 17.1. The molecule has 253 valence electrons. The summed E-state index contributed by atoms with van der Waals surface area (Å²) in [6.07, 6.45) is 5.49. The number of imidazole rings is 1. The van der Waals surface area contributed by atoms with E-state index in [-0.39, 0.29) is 20.1 Å². The first-order chi connectivity index (χ1) is 24.5. The minimum atomic E-state index is 0. The molecule has 0 atom stereocenters. The Balaban J connectivity index is 0.000000265. The van der Waals surface area contributed by atoms with Crippen LogP contribution in [0.1, 0.15) is 50.7 Å². The molecule has 0 amide bonds. The summed E-state index contributed by atoms with van der Waals surface area (Å²) >= 11 is 0. The van der Waals surface area contributed by atoms with Crippen LogP contribution >= 0.6 is 0 Å². The van der Waals surface area contributed by atoms with Gasteiger partial charge >= 0.3 is 0 Å². The van der Waals surface area contributed by atoms with Crippen molar-refractivity contribution in [3.63, 3.8) is 0 Å².